The van der Waals surface area contributed by atoms with Gasteiger partial charge in [-0.1, -0.05) is 6.07 Å². The molecule has 1 heterocycles. The summed E-state index contributed by atoms with van der Waals surface area (Å²) < 4.78 is 29.6. The molecule has 2 aromatic rings. The average Bonchev–Trinajstić information content (AvgIpc) is 2.73. The fourth-order valence-corrected chi connectivity index (χ4v) is 5.25. The van der Waals surface area contributed by atoms with E-state index < -0.39 is 14.6 Å². The highest BCUT2D eigenvalue weighted by Crippen LogP contribution is 2.36. The van der Waals surface area contributed by atoms with Gasteiger partial charge < -0.3 is 15.8 Å². The van der Waals surface area contributed by atoms with Crippen molar-refractivity contribution < 1.29 is 17.9 Å². The Morgan fingerprint density at radius 1 is 1.32 bits per heavy atom. The smallest absolute Gasteiger partial charge is 0.274 e. The van der Waals surface area contributed by atoms with Crippen LogP contribution >= 0.6 is 0 Å². The van der Waals surface area contributed by atoms with Gasteiger partial charge in [0.2, 0.25) is 0 Å². The summed E-state index contributed by atoms with van der Waals surface area (Å²) in [5, 5.41) is 10.5. The fourth-order valence-electron chi connectivity index (χ4n) is 3.62. The number of nitrogens with zero attached hydrogens (tertiary/aromatic N) is 1. The van der Waals surface area contributed by atoms with Gasteiger partial charge in [-0.05, 0) is 74.4 Å². The Morgan fingerprint density at radius 2 is 2.06 bits per heavy atom. The Morgan fingerprint density at radius 3 is 2.68 bits per heavy atom. The zero-order valence-corrected chi connectivity index (χ0v) is 18.8. The number of nitrogens with one attached hydrogen (secondary N) is 2. The van der Waals surface area contributed by atoms with E-state index in [9.17, 15) is 13.2 Å². The summed E-state index contributed by atoms with van der Waals surface area (Å²) in [6.07, 6.45) is 3.93. The van der Waals surface area contributed by atoms with Crippen molar-refractivity contribution in [2.45, 2.75) is 43.8 Å². The molecule has 1 unspecified atom stereocenters. The summed E-state index contributed by atoms with van der Waals surface area (Å²) in [6.45, 7) is 2.93. The van der Waals surface area contributed by atoms with E-state index in [1.54, 1.807) is 12.1 Å². The molecule has 0 radical (unpaired) electrons. The number of rotatable bonds is 7. The second-order valence-electron chi connectivity index (χ2n) is 8.25. The summed E-state index contributed by atoms with van der Waals surface area (Å²) >= 11 is 0. The topological polar surface area (TPSA) is 135 Å². The molecule has 1 aliphatic carbocycles. The van der Waals surface area contributed by atoms with E-state index in [0.29, 0.717) is 11.4 Å². The number of hydrogen-bond donors (Lipinski definition) is 3. The van der Waals surface area contributed by atoms with Gasteiger partial charge in [-0.15, -0.1) is 0 Å². The highest BCUT2D eigenvalue weighted by molar-refractivity contribution is 7.93. The second-order valence-corrected chi connectivity index (χ2v) is 10.8. The lowest BCUT2D eigenvalue weighted by molar-refractivity contribution is 0.102. The Kier molecular flexibility index (Phi) is 6.35. The molecule has 1 aliphatic rings. The van der Waals surface area contributed by atoms with E-state index in [1.807, 2.05) is 18.2 Å². The first-order chi connectivity index (χ1) is 14.5. The second kappa shape index (κ2) is 8.66. The van der Waals surface area contributed by atoms with Crippen molar-refractivity contribution in [3.8, 4) is 5.75 Å². The molecule has 0 saturated heterocycles. The van der Waals surface area contributed by atoms with Crippen LogP contribution < -0.4 is 15.8 Å². The van der Waals surface area contributed by atoms with E-state index in [4.69, 9.17) is 15.9 Å². The normalized spacial score (nSPS) is 16.3. The number of benzene rings is 1. The predicted octanol–water partition coefficient (Wildman–Crippen LogP) is 2.89. The Labute approximate surface area is 182 Å². The number of carbonyl (C=O) groups excluding carboxylic acids is 1. The number of fused-ring (bicyclic) bond motifs is 1. The monoisotopic (exact) mass is 444 g/mol. The number of hydrogen-bond acceptors (Lipinski definition) is 6. The first-order valence-corrected chi connectivity index (χ1v) is 11.7. The van der Waals surface area contributed by atoms with Crippen molar-refractivity contribution in [1.82, 2.24) is 4.98 Å². The van der Waals surface area contributed by atoms with Crippen molar-refractivity contribution in [2.75, 3.05) is 18.2 Å². The lowest BCUT2D eigenvalue weighted by atomic mass is 9.83. The largest absolute Gasteiger partial charge is 0.495 e. The Hall–Kier alpha value is -2.94. The van der Waals surface area contributed by atoms with Gasteiger partial charge in [-0.2, -0.15) is 0 Å². The molecule has 31 heavy (non-hydrogen) atoms. The average molecular weight is 445 g/mol. The minimum atomic E-state index is -3.65. The Bertz CT molecular complexity index is 1090. The van der Waals surface area contributed by atoms with Crippen LogP contribution in [-0.4, -0.2) is 42.8 Å². The summed E-state index contributed by atoms with van der Waals surface area (Å²) in [5.74, 6) is -0.479. The van der Waals surface area contributed by atoms with Gasteiger partial charge in [0.05, 0.1) is 19.1 Å². The minimum Gasteiger partial charge on any atom is -0.495 e. The van der Waals surface area contributed by atoms with E-state index in [1.165, 1.54) is 27.2 Å². The predicted molar refractivity (Wildman–Crippen MR) is 121 cm³/mol. The molecule has 1 aromatic heterocycles. The molecule has 0 spiro atoms. The van der Waals surface area contributed by atoms with E-state index in [-0.39, 0.29) is 29.1 Å². The summed E-state index contributed by atoms with van der Waals surface area (Å²) in [7, 11) is -2.12. The number of aromatic nitrogens is 1. The van der Waals surface area contributed by atoms with Gasteiger partial charge in [0.25, 0.3) is 5.91 Å². The minimum absolute atomic E-state index is 0.0932. The fraction of sp³-hybridized carbons (Fsp3) is 0.409. The number of nitrogens with two attached hydrogens (primary N) is 1. The molecule has 1 amide bonds. The number of anilines is 1. The number of aryl methyl sites for hydroxylation is 1. The number of methoxy groups -OCH3 is 1. The van der Waals surface area contributed by atoms with Crippen molar-refractivity contribution >= 4 is 27.3 Å². The number of carbonyl (C=O) groups is 1. The van der Waals surface area contributed by atoms with Gasteiger partial charge in [0, 0.05) is 5.69 Å². The molecule has 1 aromatic carbocycles. The van der Waals surface area contributed by atoms with Crippen LogP contribution in [0.3, 0.4) is 0 Å². The maximum Gasteiger partial charge on any atom is 0.274 e. The lowest BCUT2D eigenvalue weighted by Crippen LogP contribution is -2.46. The van der Waals surface area contributed by atoms with Crippen LogP contribution in [0.4, 0.5) is 5.69 Å². The quantitative estimate of drug-likeness (QED) is 0.444. The molecule has 3 rings (SSSR count). The zero-order valence-electron chi connectivity index (χ0n) is 17.9. The highest BCUT2D eigenvalue weighted by atomic mass is 32.2. The van der Waals surface area contributed by atoms with Crippen molar-refractivity contribution in [3.05, 3.63) is 53.3 Å². The van der Waals surface area contributed by atoms with Gasteiger partial charge in [0.1, 0.15) is 22.0 Å². The molecule has 166 valence electrons. The first kappa shape index (κ1) is 22.7. The number of amidine groups is 1. The third-order valence-corrected chi connectivity index (χ3v) is 8.51. The number of amides is 1. The molecule has 0 saturated carbocycles. The Balaban J connectivity index is 1.83. The molecule has 0 bridgehead atoms. The van der Waals surface area contributed by atoms with Crippen LogP contribution in [0, 0.1) is 5.41 Å². The summed E-state index contributed by atoms with van der Waals surface area (Å²) in [4.78, 5) is 16.6. The molecular formula is C22H28N4O4S. The van der Waals surface area contributed by atoms with Gasteiger partial charge in [-0.3, -0.25) is 10.2 Å². The maximum atomic E-state index is 13.0. The van der Waals surface area contributed by atoms with Gasteiger partial charge >= 0.3 is 0 Å². The summed E-state index contributed by atoms with van der Waals surface area (Å²) in [5.41, 5.74) is 8.37. The maximum absolute atomic E-state index is 13.0. The van der Waals surface area contributed by atoms with Crippen molar-refractivity contribution in [2.24, 2.45) is 5.73 Å². The first-order valence-electron chi connectivity index (χ1n) is 10.1. The standard InChI is InChI=1S/C22H28N4O4S/c1-22(2,21(23)24)31(28,29)13-15-6-4-5-14-7-8-16(11-18(14)15)26-20(27)19-10-9-17(30-3)12-25-19/h7-12,15H,4-6,13H2,1-3H3,(H3,23,24)(H,26,27). The van der Waals surface area contributed by atoms with E-state index >= 15 is 0 Å². The SMILES string of the molecule is COc1ccc(C(=O)Nc2ccc3c(c2)C(CS(=O)(=O)C(C)(C)C(=N)N)CCC3)nc1. The van der Waals surface area contributed by atoms with E-state index in [0.717, 1.165) is 30.4 Å². The van der Waals surface area contributed by atoms with Crippen LogP contribution in [0.1, 0.15) is 54.2 Å². The highest BCUT2D eigenvalue weighted by Gasteiger charge is 2.40. The lowest BCUT2D eigenvalue weighted by Gasteiger charge is -2.30. The third-order valence-electron chi connectivity index (χ3n) is 5.89. The van der Waals surface area contributed by atoms with Crippen LogP contribution in [-0.2, 0) is 16.3 Å². The van der Waals surface area contributed by atoms with E-state index in [2.05, 4.69) is 10.3 Å². The van der Waals surface area contributed by atoms with Crippen LogP contribution in [0.25, 0.3) is 0 Å². The summed E-state index contributed by atoms with van der Waals surface area (Å²) in [6, 6.07) is 8.83. The van der Waals surface area contributed by atoms with Crippen LogP contribution in [0.2, 0.25) is 0 Å². The molecule has 0 fully saturated rings. The van der Waals surface area contributed by atoms with Crippen molar-refractivity contribution in [3.63, 3.8) is 0 Å². The van der Waals surface area contributed by atoms with Crippen LogP contribution in [0.15, 0.2) is 36.5 Å². The number of sulfone groups is 1. The molecule has 9 heteroatoms. The molecule has 0 aliphatic heterocycles. The molecule has 8 nitrogen and oxygen atoms in total. The van der Waals surface area contributed by atoms with Gasteiger partial charge in [0.15, 0.2) is 9.84 Å². The van der Waals surface area contributed by atoms with Gasteiger partial charge in [-0.25, -0.2) is 13.4 Å². The molecule has 1 atom stereocenters. The van der Waals surface area contributed by atoms with Crippen molar-refractivity contribution in [1.29, 1.82) is 5.41 Å². The number of ether oxygens (including phenoxy) is 1. The van der Waals surface area contributed by atoms with Crippen LogP contribution in [0.5, 0.6) is 5.75 Å². The molecule has 4 N–H and O–H groups in total. The third kappa shape index (κ3) is 4.71. The number of pyridine rings is 1. The molecular weight excluding hydrogens is 416 g/mol. The zero-order chi connectivity index (χ0) is 22.8.